The Kier molecular flexibility index (Phi) is 4.34. The molecule has 114 valence electrons. The SMILES string of the molecule is COc1cccc(NC(=S)NC(C)C2CC3CCC2C3)c1. The van der Waals surface area contributed by atoms with Crippen molar-refractivity contribution in [2.24, 2.45) is 17.8 Å². The van der Waals surface area contributed by atoms with Crippen LogP contribution in [-0.4, -0.2) is 18.3 Å². The van der Waals surface area contributed by atoms with E-state index in [1.807, 2.05) is 24.3 Å². The second kappa shape index (κ2) is 6.22. The van der Waals surface area contributed by atoms with E-state index in [1.54, 1.807) is 7.11 Å². The number of ether oxygens (including phenoxy) is 1. The van der Waals surface area contributed by atoms with Crippen molar-refractivity contribution >= 4 is 23.0 Å². The van der Waals surface area contributed by atoms with Crippen LogP contribution in [0.1, 0.15) is 32.6 Å². The molecule has 0 aromatic heterocycles. The second-order valence-corrected chi connectivity index (χ2v) is 6.87. The monoisotopic (exact) mass is 304 g/mol. The van der Waals surface area contributed by atoms with Gasteiger partial charge in [0.2, 0.25) is 0 Å². The Balaban J connectivity index is 1.53. The van der Waals surface area contributed by atoms with Gasteiger partial charge in [0.15, 0.2) is 5.11 Å². The highest BCUT2D eigenvalue weighted by Gasteiger charge is 2.41. The summed E-state index contributed by atoms with van der Waals surface area (Å²) in [4.78, 5) is 0. The van der Waals surface area contributed by atoms with Crippen LogP contribution in [0.3, 0.4) is 0 Å². The number of hydrogen-bond acceptors (Lipinski definition) is 2. The number of methoxy groups -OCH3 is 1. The summed E-state index contributed by atoms with van der Waals surface area (Å²) >= 11 is 5.45. The second-order valence-electron chi connectivity index (χ2n) is 6.46. The Morgan fingerprint density at radius 3 is 2.86 bits per heavy atom. The maximum Gasteiger partial charge on any atom is 0.170 e. The molecule has 21 heavy (non-hydrogen) atoms. The summed E-state index contributed by atoms with van der Waals surface area (Å²) < 4.78 is 5.23. The zero-order valence-corrected chi connectivity index (χ0v) is 13.6. The van der Waals surface area contributed by atoms with Crippen molar-refractivity contribution in [2.75, 3.05) is 12.4 Å². The van der Waals surface area contributed by atoms with Crippen molar-refractivity contribution in [3.8, 4) is 5.75 Å². The summed E-state index contributed by atoms with van der Waals surface area (Å²) in [6.07, 6.45) is 5.67. The van der Waals surface area contributed by atoms with Crippen molar-refractivity contribution in [1.82, 2.24) is 5.32 Å². The molecule has 4 unspecified atom stereocenters. The highest BCUT2D eigenvalue weighted by atomic mass is 32.1. The Morgan fingerprint density at radius 1 is 1.33 bits per heavy atom. The molecule has 4 atom stereocenters. The van der Waals surface area contributed by atoms with Gasteiger partial charge in [-0.1, -0.05) is 12.5 Å². The van der Waals surface area contributed by atoms with Gasteiger partial charge in [-0.15, -0.1) is 0 Å². The molecule has 2 aliphatic rings. The van der Waals surface area contributed by atoms with Crippen molar-refractivity contribution in [2.45, 2.75) is 38.6 Å². The zero-order chi connectivity index (χ0) is 14.8. The van der Waals surface area contributed by atoms with E-state index in [1.165, 1.54) is 25.7 Å². The molecule has 4 heteroatoms. The van der Waals surface area contributed by atoms with Crippen LogP contribution in [0.25, 0.3) is 0 Å². The first-order valence-corrected chi connectivity index (χ1v) is 8.28. The number of anilines is 1. The van der Waals surface area contributed by atoms with Gasteiger partial charge in [0, 0.05) is 17.8 Å². The predicted molar refractivity (Wildman–Crippen MR) is 90.8 cm³/mol. The summed E-state index contributed by atoms with van der Waals surface area (Å²) in [5.74, 6) is 3.51. The minimum atomic E-state index is 0.450. The van der Waals surface area contributed by atoms with E-state index in [9.17, 15) is 0 Å². The van der Waals surface area contributed by atoms with E-state index in [4.69, 9.17) is 17.0 Å². The Morgan fingerprint density at radius 2 is 2.19 bits per heavy atom. The van der Waals surface area contributed by atoms with Crippen LogP contribution < -0.4 is 15.4 Å². The summed E-state index contributed by atoms with van der Waals surface area (Å²) in [6, 6.07) is 8.29. The lowest BCUT2D eigenvalue weighted by Gasteiger charge is -2.29. The fourth-order valence-corrected chi connectivity index (χ4v) is 4.39. The third-order valence-corrected chi connectivity index (χ3v) is 5.34. The van der Waals surface area contributed by atoms with Gasteiger partial charge in [-0.25, -0.2) is 0 Å². The molecule has 3 nitrogen and oxygen atoms in total. The van der Waals surface area contributed by atoms with Gasteiger partial charge in [0.25, 0.3) is 0 Å². The maximum atomic E-state index is 5.45. The van der Waals surface area contributed by atoms with Crippen molar-refractivity contribution in [3.05, 3.63) is 24.3 Å². The van der Waals surface area contributed by atoms with Crippen LogP contribution in [0.15, 0.2) is 24.3 Å². The topological polar surface area (TPSA) is 33.3 Å². The van der Waals surface area contributed by atoms with E-state index in [-0.39, 0.29) is 0 Å². The number of nitrogens with one attached hydrogen (secondary N) is 2. The van der Waals surface area contributed by atoms with Crippen molar-refractivity contribution in [3.63, 3.8) is 0 Å². The fourth-order valence-electron chi connectivity index (χ4n) is 4.09. The predicted octanol–water partition coefficient (Wildman–Crippen LogP) is 3.81. The van der Waals surface area contributed by atoms with Gasteiger partial charge < -0.3 is 15.4 Å². The summed E-state index contributed by atoms with van der Waals surface area (Å²) in [5.41, 5.74) is 0.965. The van der Waals surface area contributed by atoms with Crippen LogP contribution in [0, 0.1) is 17.8 Å². The Hall–Kier alpha value is -1.29. The number of fused-ring (bicyclic) bond motifs is 2. The van der Waals surface area contributed by atoms with Crippen molar-refractivity contribution < 1.29 is 4.74 Å². The first kappa shape index (κ1) is 14.6. The molecule has 0 saturated heterocycles. The Labute approximate surface area is 132 Å². The molecule has 1 aromatic rings. The number of thiocarbonyl (C=S) groups is 1. The highest BCUT2D eigenvalue weighted by Crippen LogP contribution is 2.49. The van der Waals surface area contributed by atoms with E-state index < -0.39 is 0 Å². The van der Waals surface area contributed by atoms with Crippen molar-refractivity contribution in [1.29, 1.82) is 0 Å². The molecule has 2 N–H and O–H groups in total. The average Bonchev–Trinajstić information content (AvgIpc) is 3.10. The lowest BCUT2D eigenvalue weighted by molar-refractivity contribution is 0.279. The van der Waals surface area contributed by atoms with E-state index >= 15 is 0 Å². The standard InChI is InChI=1S/C17H24N2OS/c1-11(16-9-12-6-7-13(16)8-12)18-17(21)19-14-4-3-5-15(10-14)20-2/h3-5,10-13,16H,6-9H2,1-2H3,(H2,18,19,21). The molecule has 2 aliphatic carbocycles. The first-order valence-electron chi connectivity index (χ1n) is 7.87. The molecule has 0 spiro atoms. The molecule has 0 heterocycles. The van der Waals surface area contributed by atoms with Crippen LogP contribution in [0.4, 0.5) is 5.69 Å². The van der Waals surface area contributed by atoms with Crippen LogP contribution in [0.5, 0.6) is 5.75 Å². The molecule has 0 aliphatic heterocycles. The van der Waals surface area contributed by atoms with Crippen LogP contribution >= 0.6 is 12.2 Å². The van der Waals surface area contributed by atoms with Gasteiger partial charge in [-0.05, 0) is 68.3 Å². The Bertz CT molecular complexity index is 519. The third-order valence-electron chi connectivity index (χ3n) is 5.12. The van der Waals surface area contributed by atoms with Gasteiger partial charge >= 0.3 is 0 Å². The summed E-state index contributed by atoms with van der Waals surface area (Å²) in [7, 11) is 1.67. The van der Waals surface area contributed by atoms with Gasteiger partial charge in [0.05, 0.1) is 7.11 Å². The number of rotatable bonds is 4. The van der Waals surface area contributed by atoms with Gasteiger partial charge in [-0.2, -0.15) is 0 Å². The quantitative estimate of drug-likeness (QED) is 0.829. The first-order chi connectivity index (χ1) is 10.2. The fraction of sp³-hybridized carbons (Fsp3) is 0.588. The van der Waals surface area contributed by atoms with E-state index in [2.05, 4.69) is 17.6 Å². The van der Waals surface area contributed by atoms with Crippen LogP contribution in [0.2, 0.25) is 0 Å². The minimum Gasteiger partial charge on any atom is -0.497 e. The minimum absolute atomic E-state index is 0.450. The molecular weight excluding hydrogens is 280 g/mol. The molecule has 0 amide bonds. The molecule has 2 saturated carbocycles. The smallest absolute Gasteiger partial charge is 0.170 e. The molecular formula is C17H24N2OS. The van der Waals surface area contributed by atoms with E-state index in [0.717, 1.165) is 29.2 Å². The lowest BCUT2D eigenvalue weighted by Crippen LogP contribution is -2.42. The third kappa shape index (κ3) is 3.31. The highest BCUT2D eigenvalue weighted by molar-refractivity contribution is 7.80. The average molecular weight is 304 g/mol. The van der Waals surface area contributed by atoms with Gasteiger partial charge in [-0.3, -0.25) is 0 Å². The zero-order valence-electron chi connectivity index (χ0n) is 12.8. The van der Waals surface area contributed by atoms with Crippen LogP contribution in [-0.2, 0) is 0 Å². The maximum absolute atomic E-state index is 5.45. The molecule has 2 fully saturated rings. The summed E-state index contributed by atoms with van der Waals surface area (Å²) in [6.45, 7) is 2.27. The molecule has 0 radical (unpaired) electrons. The lowest BCUT2D eigenvalue weighted by atomic mass is 9.84. The summed E-state index contributed by atoms with van der Waals surface area (Å²) in [5, 5.41) is 7.43. The molecule has 2 bridgehead atoms. The number of hydrogen-bond donors (Lipinski definition) is 2. The number of benzene rings is 1. The largest absolute Gasteiger partial charge is 0.497 e. The molecule has 1 aromatic carbocycles. The van der Waals surface area contributed by atoms with Gasteiger partial charge in [0.1, 0.15) is 5.75 Å². The normalized spacial score (nSPS) is 28.2. The van der Waals surface area contributed by atoms with E-state index in [0.29, 0.717) is 11.2 Å². The molecule has 3 rings (SSSR count).